The summed E-state index contributed by atoms with van der Waals surface area (Å²) in [5, 5.41) is 0.573. The van der Waals surface area contributed by atoms with Crippen molar-refractivity contribution in [2.45, 2.75) is 18.6 Å². The van der Waals surface area contributed by atoms with E-state index in [0.29, 0.717) is 9.90 Å². The average Bonchev–Trinajstić information content (AvgIpc) is 2.16. The molecule has 0 aromatic carbocycles. The van der Waals surface area contributed by atoms with Crippen LogP contribution in [0.2, 0.25) is 5.15 Å². The Labute approximate surface area is 100 Å². The Morgan fingerprint density at radius 2 is 2.33 bits per heavy atom. The van der Waals surface area contributed by atoms with E-state index < -0.39 is 0 Å². The molecule has 0 radical (unpaired) electrons. The predicted octanol–water partition coefficient (Wildman–Crippen LogP) is 3.07. The molecule has 2 rings (SSSR count). The second-order valence-electron chi connectivity index (χ2n) is 4.37. The highest BCUT2D eigenvalue weighted by Crippen LogP contribution is 2.32. The maximum Gasteiger partial charge on any atom is 0.131 e. The van der Waals surface area contributed by atoms with E-state index in [0.717, 1.165) is 13.1 Å². The molecular formula is C11H15ClN2S. The van der Waals surface area contributed by atoms with Gasteiger partial charge in [-0.25, -0.2) is 4.98 Å². The van der Waals surface area contributed by atoms with Crippen LogP contribution in [-0.4, -0.2) is 28.6 Å². The molecule has 1 aromatic rings. The minimum atomic E-state index is 0.327. The summed E-state index contributed by atoms with van der Waals surface area (Å²) in [6.45, 7) is 6.73. The summed E-state index contributed by atoms with van der Waals surface area (Å²) in [4.78, 5) is 6.38. The lowest BCUT2D eigenvalue weighted by molar-refractivity contribution is 0.647. The summed E-state index contributed by atoms with van der Waals surface area (Å²) in [7, 11) is 0. The molecule has 15 heavy (non-hydrogen) atoms. The Bertz CT molecular complexity index is 354. The van der Waals surface area contributed by atoms with E-state index in [1.54, 1.807) is 6.20 Å². The number of anilines is 1. The van der Waals surface area contributed by atoms with Crippen molar-refractivity contribution in [3.05, 3.63) is 23.5 Å². The SMILES string of the molecule is CC1(C)CN(c2ccnc(Cl)c2)CCS1. The number of rotatable bonds is 1. The Balaban J connectivity index is 2.17. The normalized spacial score (nSPS) is 20.3. The van der Waals surface area contributed by atoms with Crippen molar-refractivity contribution < 1.29 is 0 Å². The zero-order valence-corrected chi connectivity index (χ0v) is 10.6. The third kappa shape index (κ3) is 2.79. The number of aromatic nitrogens is 1. The van der Waals surface area contributed by atoms with Gasteiger partial charge in [0, 0.05) is 35.5 Å². The van der Waals surface area contributed by atoms with Gasteiger partial charge in [0.2, 0.25) is 0 Å². The van der Waals surface area contributed by atoms with Crippen LogP contribution in [0.25, 0.3) is 0 Å². The molecule has 4 heteroatoms. The Morgan fingerprint density at radius 1 is 1.53 bits per heavy atom. The monoisotopic (exact) mass is 242 g/mol. The van der Waals surface area contributed by atoms with Crippen molar-refractivity contribution in [3.63, 3.8) is 0 Å². The number of halogens is 1. The molecule has 2 nitrogen and oxygen atoms in total. The molecule has 1 fully saturated rings. The van der Waals surface area contributed by atoms with Crippen molar-refractivity contribution in [1.29, 1.82) is 0 Å². The van der Waals surface area contributed by atoms with Crippen LogP contribution in [0.15, 0.2) is 18.3 Å². The molecule has 1 aromatic heterocycles. The van der Waals surface area contributed by atoms with Crippen LogP contribution in [0.1, 0.15) is 13.8 Å². The fraction of sp³-hybridized carbons (Fsp3) is 0.545. The van der Waals surface area contributed by atoms with Gasteiger partial charge in [0.05, 0.1) is 0 Å². The van der Waals surface area contributed by atoms with Crippen LogP contribution in [0.4, 0.5) is 5.69 Å². The molecule has 0 bridgehead atoms. The highest BCUT2D eigenvalue weighted by atomic mass is 35.5. The van der Waals surface area contributed by atoms with Gasteiger partial charge in [-0.15, -0.1) is 0 Å². The molecule has 0 amide bonds. The van der Waals surface area contributed by atoms with E-state index in [4.69, 9.17) is 11.6 Å². The number of pyridine rings is 1. The van der Waals surface area contributed by atoms with Crippen LogP contribution in [-0.2, 0) is 0 Å². The summed E-state index contributed by atoms with van der Waals surface area (Å²) < 4.78 is 0.327. The smallest absolute Gasteiger partial charge is 0.131 e. The summed E-state index contributed by atoms with van der Waals surface area (Å²) in [5.74, 6) is 1.17. The molecule has 1 aliphatic rings. The first-order valence-electron chi connectivity index (χ1n) is 5.07. The predicted molar refractivity (Wildman–Crippen MR) is 68.0 cm³/mol. The van der Waals surface area contributed by atoms with E-state index in [2.05, 4.69) is 23.7 Å². The van der Waals surface area contributed by atoms with Gasteiger partial charge < -0.3 is 4.90 Å². The van der Waals surface area contributed by atoms with Crippen molar-refractivity contribution in [1.82, 2.24) is 4.98 Å². The van der Waals surface area contributed by atoms with Crippen molar-refractivity contribution >= 4 is 29.1 Å². The topological polar surface area (TPSA) is 16.1 Å². The Kier molecular flexibility index (Phi) is 3.12. The van der Waals surface area contributed by atoms with Gasteiger partial charge in [-0.05, 0) is 26.0 Å². The second kappa shape index (κ2) is 4.22. The molecule has 82 valence electrons. The first kappa shape index (κ1) is 11.1. The van der Waals surface area contributed by atoms with Crippen LogP contribution in [0, 0.1) is 0 Å². The van der Waals surface area contributed by atoms with Crippen molar-refractivity contribution in [2.24, 2.45) is 0 Å². The lowest BCUT2D eigenvalue weighted by Gasteiger charge is -2.38. The largest absolute Gasteiger partial charge is 0.369 e. The fourth-order valence-electron chi connectivity index (χ4n) is 1.83. The maximum absolute atomic E-state index is 5.89. The second-order valence-corrected chi connectivity index (χ2v) is 6.56. The summed E-state index contributed by atoms with van der Waals surface area (Å²) in [6, 6.07) is 3.96. The molecular weight excluding hydrogens is 228 g/mol. The van der Waals surface area contributed by atoms with Crippen LogP contribution < -0.4 is 4.90 Å². The molecule has 0 aliphatic carbocycles. The molecule has 0 spiro atoms. The summed E-state index contributed by atoms with van der Waals surface area (Å²) in [5.41, 5.74) is 1.18. The summed E-state index contributed by atoms with van der Waals surface area (Å²) in [6.07, 6.45) is 1.77. The van der Waals surface area contributed by atoms with E-state index in [1.165, 1.54) is 11.4 Å². The number of thioether (sulfide) groups is 1. The van der Waals surface area contributed by atoms with E-state index in [1.807, 2.05) is 23.9 Å². The Hall–Kier alpha value is -0.410. The van der Waals surface area contributed by atoms with Crippen molar-refractivity contribution in [2.75, 3.05) is 23.7 Å². The quantitative estimate of drug-likeness (QED) is 0.705. The molecule has 0 N–H and O–H groups in total. The molecule has 0 saturated carbocycles. The van der Waals surface area contributed by atoms with Crippen LogP contribution in [0.5, 0.6) is 0 Å². The molecule has 2 heterocycles. The van der Waals surface area contributed by atoms with Gasteiger partial charge >= 0.3 is 0 Å². The number of hydrogen-bond donors (Lipinski definition) is 0. The minimum absolute atomic E-state index is 0.327. The third-order valence-electron chi connectivity index (χ3n) is 2.50. The van der Waals surface area contributed by atoms with E-state index in [9.17, 15) is 0 Å². The molecule has 0 unspecified atom stereocenters. The molecule has 1 aliphatic heterocycles. The molecule has 0 atom stereocenters. The zero-order valence-electron chi connectivity index (χ0n) is 9.03. The van der Waals surface area contributed by atoms with Gasteiger partial charge in [0.25, 0.3) is 0 Å². The number of nitrogens with zero attached hydrogens (tertiary/aromatic N) is 2. The van der Waals surface area contributed by atoms with Gasteiger partial charge in [-0.1, -0.05) is 11.6 Å². The lowest BCUT2D eigenvalue weighted by Crippen LogP contribution is -2.43. The third-order valence-corrected chi connectivity index (χ3v) is 4.00. The highest BCUT2D eigenvalue weighted by Gasteiger charge is 2.27. The first-order chi connectivity index (χ1) is 7.07. The standard InChI is InChI=1S/C11H15ClN2S/c1-11(2)8-14(5-6-15-11)9-3-4-13-10(12)7-9/h3-4,7H,5-6,8H2,1-2H3. The average molecular weight is 243 g/mol. The molecule has 1 saturated heterocycles. The van der Waals surface area contributed by atoms with Gasteiger partial charge in [0.15, 0.2) is 0 Å². The van der Waals surface area contributed by atoms with E-state index in [-0.39, 0.29) is 0 Å². The Morgan fingerprint density at radius 3 is 3.00 bits per heavy atom. The van der Waals surface area contributed by atoms with Gasteiger partial charge in [-0.2, -0.15) is 11.8 Å². The van der Waals surface area contributed by atoms with Crippen LogP contribution >= 0.6 is 23.4 Å². The van der Waals surface area contributed by atoms with E-state index >= 15 is 0 Å². The summed E-state index contributed by atoms with van der Waals surface area (Å²) >= 11 is 7.92. The van der Waals surface area contributed by atoms with Crippen LogP contribution in [0.3, 0.4) is 0 Å². The zero-order chi connectivity index (χ0) is 10.9. The van der Waals surface area contributed by atoms with Gasteiger partial charge in [0.1, 0.15) is 5.15 Å². The fourth-order valence-corrected chi connectivity index (χ4v) is 3.11. The van der Waals surface area contributed by atoms with Gasteiger partial charge in [-0.3, -0.25) is 0 Å². The first-order valence-corrected chi connectivity index (χ1v) is 6.44. The maximum atomic E-state index is 5.89. The number of hydrogen-bond acceptors (Lipinski definition) is 3. The van der Waals surface area contributed by atoms with Crippen molar-refractivity contribution in [3.8, 4) is 0 Å². The minimum Gasteiger partial charge on any atom is -0.369 e. The lowest BCUT2D eigenvalue weighted by atomic mass is 10.1. The highest BCUT2D eigenvalue weighted by molar-refractivity contribution is 8.00.